The van der Waals surface area contributed by atoms with E-state index in [2.05, 4.69) is 16.0 Å². The van der Waals surface area contributed by atoms with Crippen molar-refractivity contribution in [2.24, 2.45) is 5.92 Å². The standard InChI is InChI=1S/C19H27F3N4O2/c1-18(2,3)25-17(28)26-10-8-13(9-11-26)12-23-16(27)24-15-6-4-14(5-7-15)19(20,21)22/h4-7,13H,8-12H2,1-3H3,(H,25,28)(H2,23,24,27). The topological polar surface area (TPSA) is 73.5 Å². The molecule has 6 nitrogen and oxygen atoms in total. The highest BCUT2D eigenvalue weighted by molar-refractivity contribution is 5.89. The number of carbonyl (C=O) groups is 2. The third-order valence-electron chi connectivity index (χ3n) is 4.41. The molecule has 1 aliphatic rings. The summed E-state index contributed by atoms with van der Waals surface area (Å²) in [4.78, 5) is 25.9. The average molecular weight is 400 g/mol. The van der Waals surface area contributed by atoms with Crippen molar-refractivity contribution >= 4 is 17.7 Å². The van der Waals surface area contributed by atoms with E-state index < -0.39 is 17.8 Å². The normalized spacial score (nSPS) is 15.9. The number of hydrogen-bond donors (Lipinski definition) is 3. The summed E-state index contributed by atoms with van der Waals surface area (Å²) in [5.41, 5.74) is -0.758. The number of amides is 4. The Morgan fingerprint density at radius 1 is 1.07 bits per heavy atom. The molecule has 1 heterocycles. The molecule has 1 aliphatic heterocycles. The summed E-state index contributed by atoms with van der Waals surface area (Å²) < 4.78 is 37.6. The summed E-state index contributed by atoms with van der Waals surface area (Å²) in [6.45, 7) is 7.47. The van der Waals surface area contributed by atoms with Crippen molar-refractivity contribution in [3.05, 3.63) is 29.8 Å². The molecule has 0 bridgehead atoms. The molecule has 0 saturated carbocycles. The zero-order valence-corrected chi connectivity index (χ0v) is 16.3. The van der Waals surface area contributed by atoms with Gasteiger partial charge in [0.05, 0.1) is 5.56 Å². The Morgan fingerprint density at radius 3 is 2.14 bits per heavy atom. The van der Waals surface area contributed by atoms with Gasteiger partial charge in [-0.2, -0.15) is 13.2 Å². The van der Waals surface area contributed by atoms with Crippen molar-refractivity contribution in [3.63, 3.8) is 0 Å². The molecular weight excluding hydrogens is 373 g/mol. The van der Waals surface area contributed by atoms with Gasteiger partial charge in [-0.05, 0) is 63.8 Å². The molecule has 28 heavy (non-hydrogen) atoms. The van der Waals surface area contributed by atoms with Crippen molar-refractivity contribution in [2.45, 2.75) is 45.3 Å². The van der Waals surface area contributed by atoms with Gasteiger partial charge >= 0.3 is 18.2 Å². The van der Waals surface area contributed by atoms with E-state index >= 15 is 0 Å². The van der Waals surface area contributed by atoms with Gasteiger partial charge in [0.25, 0.3) is 0 Å². The van der Waals surface area contributed by atoms with Crippen molar-refractivity contribution in [2.75, 3.05) is 25.0 Å². The molecule has 0 aliphatic carbocycles. The zero-order valence-electron chi connectivity index (χ0n) is 16.3. The summed E-state index contributed by atoms with van der Waals surface area (Å²) in [7, 11) is 0. The minimum atomic E-state index is -4.40. The molecule has 1 fully saturated rings. The first-order valence-corrected chi connectivity index (χ1v) is 9.23. The molecule has 9 heteroatoms. The summed E-state index contributed by atoms with van der Waals surface area (Å²) in [6, 6.07) is 3.73. The number of rotatable bonds is 3. The fourth-order valence-corrected chi connectivity index (χ4v) is 2.89. The number of anilines is 1. The zero-order chi connectivity index (χ0) is 20.9. The van der Waals surface area contributed by atoms with E-state index in [9.17, 15) is 22.8 Å². The predicted molar refractivity (Wildman–Crippen MR) is 101 cm³/mol. The van der Waals surface area contributed by atoms with E-state index in [1.165, 1.54) is 12.1 Å². The molecule has 2 rings (SSSR count). The first-order valence-electron chi connectivity index (χ1n) is 9.23. The highest BCUT2D eigenvalue weighted by Crippen LogP contribution is 2.29. The van der Waals surface area contributed by atoms with Crippen LogP contribution >= 0.6 is 0 Å². The van der Waals surface area contributed by atoms with Gasteiger partial charge in [-0.25, -0.2) is 9.59 Å². The van der Waals surface area contributed by atoms with E-state index in [0.29, 0.717) is 25.3 Å². The number of likely N-dealkylation sites (tertiary alicyclic amines) is 1. The third-order valence-corrected chi connectivity index (χ3v) is 4.41. The fourth-order valence-electron chi connectivity index (χ4n) is 2.89. The van der Waals surface area contributed by atoms with Crippen molar-refractivity contribution in [3.8, 4) is 0 Å². The van der Waals surface area contributed by atoms with E-state index in [1.807, 2.05) is 20.8 Å². The number of benzene rings is 1. The second-order valence-corrected chi connectivity index (χ2v) is 8.02. The maximum Gasteiger partial charge on any atom is 0.416 e. The molecule has 156 valence electrons. The van der Waals surface area contributed by atoms with Crippen molar-refractivity contribution < 1.29 is 22.8 Å². The van der Waals surface area contributed by atoms with E-state index in [1.54, 1.807) is 4.90 Å². The lowest BCUT2D eigenvalue weighted by Crippen LogP contribution is -2.51. The van der Waals surface area contributed by atoms with Gasteiger partial charge in [-0.3, -0.25) is 0 Å². The Kier molecular flexibility index (Phi) is 6.79. The predicted octanol–water partition coefficient (Wildman–Crippen LogP) is 4.05. The number of hydrogen-bond acceptors (Lipinski definition) is 2. The van der Waals surface area contributed by atoms with Crippen LogP contribution in [0.15, 0.2) is 24.3 Å². The van der Waals surface area contributed by atoms with Gasteiger partial charge in [0.2, 0.25) is 0 Å². The van der Waals surface area contributed by atoms with Crippen LogP contribution in [-0.2, 0) is 6.18 Å². The van der Waals surface area contributed by atoms with Gasteiger partial charge in [0.1, 0.15) is 0 Å². The van der Waals surface area contributed by atoms with Gasteiger partial charge in [0, 0.05) is 30.9 Å². The highest BCUT2D eigenvalue weighted by atomic mass is 19.4. The van der Waals surface area contributed by atoms with Crippen LogP contribution in [0.4, 0.5) is 28.4 Å². The van der Waals surface area contributed by atoms with Crippen molar-refractivity contribution in [1.29, 1.82) is 0 Å². The summed E-state index contributed by atoms with van der Waals surface area (Å²) >= 11 is 0. The summed E-state index contributed by atoms with van der Waals surface area (Å²) in [5, 5.41) is 8.19. The second-order valence-electron chi connectivity index (χ2n) is 8.02. The minimum Gasteiger partial charge on any atom is -0.338 e. The smallest absolute Gasteiger partial charge is 0.338 e. The Hall–Kier alpha value is -2.45. The number of halogens is 3. The first-order chi connectivity index (χ1) is 12.9. The lowest BCUT2D eigenvalue weighted by Gasteiger charge is -2.34. The van der Waals surface area contributed by atoms with Crippen LogP contribution in [0.2, 0.25) is 0 Å². The second kappa shape index (κ2) is 8.70. The molecule has 3 N–H and O–H groups in total. The van der Waals surface area contributed by atoms with Crippen LogP contribution in [0.3, 0.4) is 0 Å². The third kappa shape index (κ3) is 6.94. The Morgan fingerprint density at radius 2 is 1.64 bits per heavy atom. The maximum atomic E-state index is 12.5. The minimum absolute atomic E-state index is 0.0843. The lowest BCUT2D eigenvalue weighted by molar-refractivity contribution is -0.137. The Balaban J connectivity index is 1.72. The SMILES string of the molecule is CC(C)(C)NC(=O)N1CCC(CNC(=O)Nc2ccc(C(F)(F)F)cc2)CC1. The lowest BCUT2D eigenvalue weighted by atomic mass is 9.97. The molecular formula is C19H27F3N4O2. The molecule has 1 aromatic rings. The molecule has 0 unspecified atom stereocenters. The monoisotopic (exact) mass is 400 g/mol. The summed E-state index contributed by atoms with van der Waals surface area (Å²) in [5.74, 6) is 0.247. The van der Waals surface area contributed by atoms with Crippen LogP contribution in [-0.4, -0.2) is 42.1 Å². The molecule has 0 aromatic heterocycles. The van der Waals surface area contributed by atoms with Gasteiger partial charge in [-0.15, -0.1) is 0 Å². The highest BCUT2D eigenvalue weighted by Gasteiger charge is 2.30. The molecule has 1 aromatic carbocycles. The summed E-state index contributed by atoms with van der Waals surface area (Å²) in [6.07, 6.45) is -2.85. The van der Waals surface area contributed by atoms with E-state index in [0.717, 1.165) is 25.0 Å². The number of carbonyl (C=O) groups excluding carboxylic acids is 2. The number of urea groups is 2. The van der Waals surface area contributed by atoms with Gasteiger partial charge in [-0.1, -0.05) is 0 Å². The van der Waals surface area contributed by atoms with Crippen LogP contribution in [0.25, 0.3) is 0 Å². The van der Waals surface area contributed by atoms with Crippen LogP contribution in [0.5, 0.6) is 0 Å². The molecule has 1 saturated heterocycles. The molecule has 0 radical (unpaired) electrons. The Labute approximate surface area is 162 Å². The molecule has 4 amide bonds. The number of nitrogens with one attached hydrogen (secondary N) is 3. The first kappa shape index (κ1) is 21.8. The number of nitrogens with zero attached hydrogens (tertiary/aromatic N) is 1. The van der Waals surface area contributed by atoms with Crippen LogP contribution in [0, 0.1) is 5.92 Å². The van der Waals surface area contributed by atoms with Gasteiger partial charge in [0.15, 0.2) is 0 Å². The van der Waals surface area contributed by atoms with E-state index in [-0.39, 0.29) is 17.5 Å². The molecule has 0 atom stereocenters. The largest absolute Gasteiger partial charge is 0.416 e. The average Bonchev–Trinajstić information content (AvgIpc) is 2.58. The van der Waals surface area contributed by atoms with Crippen LogP contribution < -0.4 is 16.0 Å². The van der Waals surface area contributed by atoms with Gasteiger partial charge < -0.3 is 20.9 Å². The number of piperidine rings is 1. The maximum absolute atomic E-state index is 12.5. The van der Waals surface area contributed by atoms with Crippen LogP contribution in [0.1, 0.15) is 39.2 Å². The van der Waals surface area contributed by atoms with Crippen molar-refractivity contribution in [1.82, 2.24) is 15.5 Å². The molecule has 0 spiro atoms. The Bertz CT molecular complexity index is 676. The fraction of sp³-hybridized carbons (Fsp3) is 0.579. The van der Waals surface area contributed by atoms with E-state index in [4.69, 9.17) is 0 Å². The quantitative estimate of drug-likeness (QED) is 0.716. The number of alkyl halides is 3.